The Hall–Kier alpha value is -1.22. The molecule has 0 aliphatic carbocycles. The Morgan fingerprint density at radius 3 is 1.52 bits per heavy atom. The van der Waals surface area contributed by atoms with Crippen LogP contribution in [0.1, 0.15) is 162 Å². The van der Waals surface area contributed by atoms with Crippen LogP contribution in [0.2, 0.25) is 0 Å². The van der Waals surface area contributed by atoms with Crippen molar-refractivity contribution in [3.63, 3.8) is 0 Å². The van der Waals surface area contributed by atoms with Crippen molar-refractivity contribution in [2.24, 2.45) is 0 Å². The molecule has 8 heteroatoms. The van der Waals surface area contributed by atoms with E-state index < -0.39 is 40.0 Å². The molecule has 0 aliphatic rings. The zero-order chi connectivity index (χ0) is 31.3. The molecular formula is C34H65NO6S. The zero-order valence-electron chi connectivity index (χ0n) is 27.0. The fraction of sp³-hybridized carbons (Fsp3) is 0.853. The van der Waals surface area contributed by atoms with Gasteiger partial charge in [-0.3, -0.25) is 9.35 Å². The second-order valence-corrected chi connectivity index (χ2v) is 13.4. The van der Waals surface area contributed by atoms with Gasteiger partial charge in [0.05, 0.1) is 17.9 Å². The van der Waals surface area contributed by atoms with E-state index in [1.807, 2.05) is 0 Å². The summed E-state index contributed by atoms with van der Waals surface area (Å²) in [5.74, 6) is -1.55. The minimum atomic E-state index is -4.42. The van der Waals surface area contributed by atoms with E-state index in [0.717, 1.165) is 57.8 Å². The molecule has 4 N–H and O–H groups in total. The summed E-state index contributed by atoms with van der Waals surface area (Å²) in [5, 5.41) is 23.1. The average Bonchev–Trinajstić information content (AvgIpc) is 2.94. The van der Waals surface area contributed by atoms with Crippen molar-refractivity contribution in [3.05, 3.63) is 24.3 Å². The molecule has 0 aromatic carbocycles. The number of aliphatic hydroxyl groups excluding tert-OH is 2. The highest BCUT2D eigenvalue weighted by atomic mass is 32.2. The summed E-state index contributed by atoms with van der Waals surface area (Å²) < 4.78 is 32.1. The third-order valence-electron chi connectivity index (χ3n) is 7.73. The Kier molecular flexibility index (Phi) is 27.7. The van der Waals surface area contributed by atoms with Gasteiger partial charge in [0.15, 0.2) is 0 Å². The average molecular weight is 616 g/mol. The maximum absolute atomic E-state index is 12.4. The van der Waals surface area contributed by atoms with Gasteiger partial charge >= 0.3 is 0 Å². The fourth-order valence-electron chi connectivity index (χ4n) is 5.04. The predicted octanol–water partition coefficient (Wildman–Crippen LogP) is 8.21. The van der Waals surface area contributed by atoms with Crippen molar-refractivity contribution < 1.29 is 28.0 Å². The highest BCUT2D eigenvalue weighted by Gasteiger charge is 2.27. The first-order valence-electron chi connectivity index (χ1n) is 17.1. The first kappa shape index (κ1) is 40.8. The number of allylic oxidation sites excluding steroid dienone is 3. The molecule has 0 aromatic heterocycles. The van der Waals surface area contributed by atoms with Gasteiger partial charge in [0.25, 0.3) is 10.1 Å². The third kappa shape index (κ3) is 27.6. The summed E-state index contributed by atoms with van der Waals surface area (Å²) in [6.45, 7) is 4.38. The highest BCUT2D eigenvalue weighted by Crippen LogP contribution is 2.13. The van der Waals surface area contributed by atoms with E-state index in [0.29, 0.717) is 6.42 Å². The number of carbonyl (C=O) groups is 1. The van der Waals surface area contributed by atoms with Crippen LogP contribution in [-0.2, 0) is 14.9 Å². The summed E-state index contributed by atoms with van der Waals surface area (Å²) >= 11 is 0. The molecule has 3 atom stereocenters. The van der Waals surface area contributed by atoms with Crippen molar-refractivity contribution in [3.8, 4) is 0 Å². The van der Waals surface area contributed by atoms with E-state index in [9.17, 15) is 28.0 Å². The highest BCUT2D eigenvalue weighted by molar-refractivity contribution is 7.85. The minimum absolute atomic E-state index is 0.273. The van der Waals surface area contributed by atoms with E-state index >= 15 is 0 Å². The lowest BCUT2D eigenvalue weighted by molar-refractivity contribution is -0.130. The van der Waals surface area contributed by atoms with Crippen LogP contribution < -0.4 is 5.32 Å². The first-order valence-corrected chi connectivity index (χ1v) is 18.8. The number of carbonyl (C=O) groups excluding carboxylic acids is 1. The number of nitrogens with one attached hydrogen (secondary N) is 1. The van der Waals surface area contributed by atoms with Gasteiger partial charge in [0.2, 0.25) is 5.91 Å². The van der Waals surface area contributed by atoms with Crippen LogP contribution in [0.3, 0.4) is 0 Å². The molecule has 0 aliphatic heterocycles. The van der Waals surface area contributed by atoms with Crippen LogP contribution in [0.25, 0.3) is 0 Å². The van der Waals surface area contributed by atoms with Crippen molar-refractivity contribution in [1.29, 1.82) is 0 Å². The number of unbranched alkanes of at least 4 members (excludes halogenated alkanes) is 19. The topological polar surface area (TPSA) is 124 Å². The Morgan fingerprint density at radius 1 is 0.643 bits per heavy atom. The Bertz CT molecular complexity index is 783. The number of amides is 1. The maximum atomic E-state index is 12.4. The van der Waals surface area contributed by atoms with Crippen molar-refractivity contribution >= 4 is 16.0 Å². The largest absolute Gasteiger partial charge is 0.387 e. The van der Waals surface area contributed by atoms with Crippen LogP contribution >= 0.6 is 0 Å². The van der Waals surface area contributed by atoms with Gasteiger partial charge in [0.1, 0.15) is 6.10 Å². The quantitative estimate of drug-likeness (QED) is 0.0367. The monoisotopic (exact) mass is 615 g/mol. The second kappa shape index (κ2) is 28.5. The minimum Gasteiger partial charge on any atom is -0.387 e. The Labute approximate surface area is 258 Å². The van der Waals surface area contributed by atoms with Crippen LogP contribution in [0, 0.1) is 0 Å². The molecule has 248 valence electrons. The first-order chi connectivity index (χ1) is 20.2. The van der Waals surface area contributed by atoms with Crippen molar-refractivity contribution in [2.75, 3.05) is 5.75 Å². The van der Waals surface area contributed by atoms with E-state index in [1.54, 1.807) is 6.08 Å². The summed E-state index contributed by atoms with van der Waals surface area (Å²) in [7, 11) is -4.42. The molecule has 7 nitrogen and oxygen atoms in total. The summed E-state index contributed by atoms with van der Waals surface area (Å²) in [4.78, 5) is 12.4. The number of rotatable bonds is 30. The number of hydrogen-bond donors (Lipinski definition) is 4. The fourth-order valence-corrected chi connectivity index (χ4v) is 5.77. The van der Waals surface area contributed by atoms with Crippen LogP contribution in [0.15, 0.2) is 24.3 Å². The van der Waals surface area contributed by atoms with Gasteiger partial charge in [-0.25, -0.2) is 0 Å². The summed E-state index contributed by atoms with van der Waals surface area (Å²) in [6, 6.07) is -1.23. The van der Waals surface area contributed by atoms with Gasteiger partial charge in [0, 0.05) is 0 Å². The summed E-state index contributed by atoms with van der Waals surface area (Å²) in [6.07, 6.45) is 31.3. The Morgan fingerprint density at radius 2 is 1.05 bits per heavy atom. The Balaban J connectivity index is 3.97. The molecule has 0 fully saturated rings. The molecule has 0 radical (unpaired) electrons. The lowest BCUT2D eigenvalue weighted by atomic mass is 10.0. The predicted molar refractivity (Wildman–Crippen MR) is 176 cm³/mol. The zero-order valence-corrected chi connectivity index (χ0v) is 27.8. The molecule has 0 rings (SSSR count). The van der Waals surface area contributed by atoms with Gasteiger partial charge in [-0.05, 0) is 44.9 Å². The van der Waals surface area contributed by atoms with Gasteiger partial charge in [-0.2, -0.15) is 8.42 Å². The standard InChI is InChI=1S/C34H65NO6S/c1-3-5-7-9-11-12-13-14-15-16-17-18-19-20-21-22-23-25-27-29-33(37)34(38)35-31(30-42(39,40)41)32(36)28-26-24-10-8-6-4-2/h17-18,26,28,31-33,36-37H,3-16,19-25,27,29-30H2,1-2H3,(H,35,38)(H,39,40,41)/b18-17-,28-26+. The molecule has 0 aromatic rings. The van der Waals surface area contributed by atoms with Crippen LogP contribution in [-0.4, -0.2) is 53.1 Å². The second-order valence-electron chi connectivity index (χ2n) is 11.9. The van der Waals surface area contributed by atoms with E-state index in [-0.39, 0.29) is 6.42 Å². The van der Waals surface area contributed by atoms with Gasteiger partial charge in [-0.15, -0.1) is 0 Å². The van der Waals surface area contributed by atoms with E-state index in [4.69, 9.17) is 0 Å². The van der Waals surface area contributed by atoms with Gasteiger partial charge in [-0.1, -0.05) is 141 Å². The SMILES string of the molecule is CCCCCC/C=C/C(O)C(CS(=O)(=O)O)NC(=O)C(O)CCCCCCCC/C=C\CCCCCCCCCCC. The smallest absolute Gasteiger partial charge is 0.267 e. The molecule has 1 amide bonds. The molecule has 0 saturated carbocycles. The molecule has 0 heterocycles. The molecule has 0 spiro atoms. The van der Waals surface area contributed by atoms with Crippen molar-refractivity contribution in [1.82, 2.24) is 5.32 Å². The van der Waals surface area contributed by atoms with Crippen LogP contribution in [0.4, 0.5) is 0 Å². The number of hydrogen-bond acceptors (Lipinski definition) is 5. The third-order valence-corrected chi connectivity index (χ3v) is 8.51. The number of aliphatic hydroxyl groups is 2. The maximum Gasteiger partial charge on any atom is 0.267 e. The molecule has 0 bridgehead atoms. The van der Waals surface area contributed by atoms with Crippen LogP contribution in [0.5, 0.6) is 0 Å². The molecule has 42 heavy (non-hydrogen) atoms. The van der Waals surface area contributed by atoms with Crippen molar-refractivity contribution in [2.45, 2.75) is 180 Å². The summed E-state index contributed by atoms with van der Waals surface area (Å²) in [5.41, 5.74) is 0. The van der Waals surface area contributed by atoms with E-state index in [1.165, 1.54) is 83.1 Å². The normalized spacial score (nSPS) is 14.5. The lowest BCUT2D eigenvalue weighted by Crippen LogP contribution is -2.50. The molecule has 0 saturated heterocycles. The lowest BCUT2D eigenvalue weighted by Gasteiger charge is -2.22. The molecule has 3 unspecified atom stereocenters. The van der Waals surface area contributed by atoms with Gasteiger partial charge < -0.3 is 15.5 Å². The molecular weight excluding hydrogens is 550 g/mol. The van der Waals surface area contributed by atoms with E-state index in [2.05, 4.69) is 31.3 Å².